The Hall–Kier alpha value is -2.28. The molecule has 4 nitrogen and oxygen atoms in total. The molecule has 1 aliphatic carbocycles. The summed E-state index contributed by atoms with van der Waals surface area (Å²) in [7, 11) is 0. The summed E-state index contributed by atoms with van der Waals surface area (Å²) in [6.45, 7) is 8.44. The maximum absolute atomic E-state index is 12.6. The van der Waals surface area contributed by atoms with Gasteiger partial charge in [-0.25, -0.2) is 9.78 Å². The number of amides is 1. The molecule has 1 aromatic rings. The minimum Gasteiger partial charge on any atom is -0.444 e. The third kappa shape index (κ3) is 4.27. The van der Waals surface area contributed by atoms with E-state index in [2.05, 4.69) is 16.8 Å². The average molecular weight is 352 g/mol. The van der Waals surface area contributed by atoms with E-state index < -0.39 is 5.60 Å². The first kappa shape index (κ1) is 18.5. The van der Waals surface area contributed by atoms with Gasteiger partial charge in [0.2, 0.25) is 0 Å². The Labute approximate surface area is 156 Å². The normalized spacial score (nSPS) is 20.3. The van der Waals surface area contributed by atoms with Gasteiger partial charge in [0.15, 0.2) is 0 Å². The largest absolute Gasteiger partial charge is 0.444 e. The lowest BCUT2D eigenvalue weighted by Crippen LogP contribution is -2.59. The highest BCUT2D eigenvalue weighted by Crippen LogP contribution is 2.46. The number of carbonyl (C=O) groups is 1. The van der Waals surface area contributed by atoms with Crippen LogP contribution in [0.5, 0.6) is 0 Å². The quantitative estimate of drug-likeness (QED) is 0.640. The van der Waals surface area contributed by atoms with E-state index in [4.69, 9.17) is 4.74 Å². The van der Waals surface area contributed by atoms with Crippen molar-refractivity contribution in [1.29, 1.82) is 0 Å². The van der Waals surface area contributed by atoms with E-state index in [1.54, 1.807) is 0 Å². The number of piperidine rings is 1. The van der Waals surface area contributed by atoms with Crippen LogP contribution >= 0.6 is 0 Å². The van der Waals surface area contributed by atoms with Crippen LogP contribution < -0.4 is 0 Å². The zero-order valence-electron chi connectivity index (χ0n) is 16.3. The van der Waals surface area contributed by atoms with Crippen LogP contribution in [0.1, 0.15) is 64.3 Å². The van der Waals surface area contributed by atoms with Crippen molar-refractivity contribution in [3.63, 3.8) is 0 Å². The van der Waals surface area contributed by atoms with Crippen LogP contribution in [0.2, 0.25) is 0 Å². The smallest absolute Gasteiger partial charge is 0.410 e. The summed E-state index contributed by atoms with van der Waals surface area (Å²) in [4.78, 5) is 19.0. The lowest BCUT2D eigenvalue weighted by atomic mass is 9.69. The zero-order valence-corrected chi connectivity index (χ0v) is 16.3. The number of hydrogen-bond donors (Lipinski definition) is 0. The lowest BCUT2D eigenvalue weighted by molar-refractivity contribution is -0.0338. The number of likely N-dealkylation sites (tertiary alicyclic amines) is 1. The third-order valence-corrected chi connectivity index (χ3v) is 5.05. The van der Waals surface area contributed by atoms with E-state index in [0.29, 0.717) is 6.54 Å². The van der Waals surface area contributed by atoms with E-state index in [0.717, 1.165) is 37.1 Å². The van der Waals surface area contributed by atoms with Crippen LogP contribution in [0.15, 0.2) is 29.8 Å². The van der Waals surface area contributed by atoms with Crippen molar-refractivity contribution in [2.75, 3.05) is 6.54 Å². The molecule has 0 aromatic carbocycles. The van der Waals surface area contributed by atoms with Gasteiger partial charge in [0, 0.05) is 17.8 Å². The summed E-state index contributed by atoms with van der Waals surface area (Å²) >= 11 is 0. The SMILES string of the molecule is Cc1cccc(C#CC=C2CCN(C(=O)OC(C)(C)C)C3(CCC3)C2)n1. The molecule has 138 valence electrons. The molecule has 2 heterocycles. The van der Waals surface area contributed by atoms with Gasteiger partial charge in [-0.15, -0.1) is 0 Å². The van der Waals surface area contributed by atoms with Gasteiger partial charge in [0.1, 0.15) is 11.3 Å². The standard InChI is InChI=1S/C22H28N2O2/c1-17-8-5-10-19(23-17)11-6-9-18-12-15-24(20(25)26-21(2,3)4)22(16-18)13-7-14-22/h5,8-10H,7,12-16H2,1-4H3. The average Bonchev–Trinajstić information content (AvgIpc) is 2.51. The van der Waals surface area contributed by atoms with Crippen molar-refractivity contribution in [2.24, 2.45) is 0 Å². The van der Waals surface area contributed by atoms with Gasteiger partial charge in [-0.05, 0) is 83.9 Å². The van der Waals surface area contributed by atoms with Gasteiger partial charge < -0.3 is 9.64 Å². The number of ether oxygens (including phenoxy) is 1. The van der Waals surface area contributed by atoms with E-state index in [1.165, 1.54) is 12.0 Å². The number of carbonyl (C=O) groups excluding carboxylic acids is 1. The second kappa shape index (κ2) is 7.15. The van der Waals surface area contributed by atoms with Crippen molar-refractivity contribution in [2.45, 2.75) is 70.9 Å². The molecule has 0 bridgehead atoms. The van der Waals surface area contributed by atoms with Crippen molar-refractivity contribution in [1.82, 2.24) is 9.88 Å². The molecular weight excluding hydrogens is 324 g/mol. The van der Waals surface area contributed by atoms with Crippen LogP contribution in [0, 0.1) is 18.8 Å². The summed E-state index contributed by atoms with van der Waals surface area (Å²) in [6, 6.07) is 5.87. The van der Waals surface area contributed by atoms with E-state index in [9.17, 15) is 4.79 Å². The van der Waals surface area contributed by atoms with E-state index in [1.807, 2.05) is 56.9 Å². The molecule has 1 amide bonds. The fraction of sp³-hybridized carbons (Fsp3) is 0.545. The van der Waals surface area contributed by atoms with Gasteiger partial charge in [0.05, 0.1) is 0 Å². The number of aryl methyl sites for hydroxylation is 1. The van der Waals surface area contributed by atoms with E-state index in [-0.39, 0.29) is 11.6 Å². The van der Waals surface area contributed by atoms with Crippen LogP contribution in [0.4, 0.5) is 4.79 Å². The second-order valence-corrected chi connectivity index (χ2v) is 8.37. The number of hydrogen-bond acceptors (Lipinski definition) is 3. The van der Waals surface area contributed by atoms with Crippen LogP contribution in [0.25, 0.3) is 0 Å². The van der Waals surface area contributed by atoms with Crippen molar-refractivity contribution in [3.05, 3.63) is 41.2 Å². The minimum atomic E-state index is -0.454. The molecule has 3 rings (SSSR count). The number of allylic oxidation sites excluding steroid dienone is 1. The van der Waals surface area contributed by atoms with Gasteiger partial charge in [0.25, 0.3) is 0 Å². The molecule has 2 aliphatic rings. The molecule has 0 unspecified atom stereocenters. The third-order valence-electron chi connectivity index (χ3n) is 5.05. The van der Waals surface area contributed by atoms with Crippen molar-refractivity contribution < 1.29 is 9.53 Å². The molecule has 1 saturated heterocycles. The minimum absolute atomic E-state index is 0.0598. The predicted octanol–water partition coefficient (Wildman–Crippen LogP) is 4.62. The molecule has 1 aliphatic heterocycles. The topological polar surface area (TPSA) is 42.4 Å². The van der Waals surface area contributed by atoms with Gasteiger partial charge in [-0.2, -0.15) is 0 Å². The first-order valence-electron chi connectivity index (χ1n) is 9.41. The van der Waals surface area contributed by atoms with Gasteiger partial charge in [-0.3, -0.25) is 0 Å². The molecule has 26 heavy (non-hydrogen) atoms. The highest BCUT2D eigenvalue weighted by molar-refractivity contribution is 5.70. The molecule has 1 saturated carbocycles. The van der Waals surface area contributed by atoms with Crippen LogP contribution in [-0.2, 0) is 4.74 Å². The molecule has 2 fully saturated rings. The predicted molar refractivity (Wildman–Crippen MR) is 103 cm³/mol. The number of nitrogens with zero attached hydrogens (tertiary/aromatic N) is 2. The molecule has 4 heteroatoms. The lowest BCUT2D eigenvalue weighted by Gasteiger charge is -2.53. The maximum Gasteiger partial charge on any atom is 0.410 e. The fourth-order valence-electron chi connectivity index (χ4n) is 3.68. The monoisotopic (exact) mass is 352 g/mol. The Kier molecular flexibility index (Phi) is 5.09. The maximum atomic E-state index is 12.6. The van der Waals surface area contributed by atoms with Crippen molar-refractivity contribution in [3.8, 4) is 11.8 Å². The highest BCUT2D eigenvalue weighted by Gasteiger charge is 2.48. The summed E-state index contributed by atoms with van der Waals surface area (Å²) in [5.74, 6) is 6.28. The second-order valence-electron chi connectivity index (χ2n) is 8.37. The molecule has 0 atom stereocenters. The molecule has 0 radical (unpaired) electrons. The fourth-order valence-corrected chi connectivity index (χ4v) is 3.68. The van der Waals surface area contributed by atoms with Crippen molar-refractivity contribution >= 4 is 6.09 Å². The summed E-state index contributed by atoms with van der Waals surface area (Å²) in [5, 5.41) is 0. The van der Waals surface area contributed by atoms with Crippen LogP contribution in [-0.4, -0.2) is 33.7 Å². The van der Waals surface area contributed by atoms with Gasteiger partial charge in [-0.1, -0.05) is 17.6 Å². The Morgan fingerprint density at radius 3 is 2.73 bits per heavy atom. The summed E-state index contributed by atoms with van der Waals surface area (Å²) in [6.07, 6.45) is 6.89. The molecular formula is C22H28N2O2. The van der Waals surface area contributed by atoms with E-state index >= 15 is 0 Å². The first-order valence-corrected chi connectivity index (χ1v) is 9.41. The summed E-state index contributed by atoms with van der Waals surface area (Å²) in [5.41, 5.74) is 2.58. The Morgan fingerprint density at radius 2 is 2.12 bits per heavy atom. The highest BCUT2D eigenvalue weighted by atomic mass is 16.6. The molecule has 1 spiro atoms. The molecule has 0 N–H and O–H groups in total. The summed E-state index contributed by atoms with van der Waals surface area (Å²) < 4.78 is 5.63. The molecule has 1 aromatic heterocycles. The Balaban J connectivity index is 1.70. The Morgan fingerprint density at radius 1 is 1.35 bits per heavy atom. The van der Waals surface area contributed by atoms with Gasteiger partial charge >= 0.3 is 6.09 Å². The Bertz CT molecular complexity index is 773. The number of pyridine rings is 1. The zero-order chi connectivity index (χ0) is 18.8. The number of rotatable bonds is 0. The number of aromatic nitrogens is 1. The first-order chi connectivity index (χ1) is 12.3. The van der Waals surface area contributed by atoms with Crippen LogP contribution in [0.3, 0.4) is 0 Å².